The highest BCUT2D eigenvalue weighted by molar-refractivity contribution is 5.95. The number of carbonyl (C=O) groups is 1. The van der Waals surface area contributed by atoms with E-state index in [0.29, 0.717) is 11.3 Å². The summed E-state index contributed by atoms with van der Waals surface area (Å²) in [7, 11) is 0. The molecule has 0 spiro atoms. The van der Waals surface area contributed by atoms with E-state index in [0.717, 1.165) is 42.5 Å². The van der Waals surface area contributed by atoms with Crippen molar-refractivity contribution in [2.24, 2.45) is 0 Å². The summed E-state index contributed by atoms with van der Waals surface area (Å²) in [6.45, 7) is 0. The summed E-state index contributed by atoms with van der Waals surface area (Å²) >= 11 is 0. The zero-order chi connectivity index (χ0) is 13.2. The second kappa shape index (κ2) is 4.84. The first-order chi connectivity index (χ1) is 9.25. The molecule has 19 heavy (non-hydrogen) atoms. The molecule has 1 aromatic carbocycles. The summed E-state index contributed by atoms with van der Waals surface area (Å²) < 4.78 is 0. The number of rotatable bonds is 2. The molecule has 0 saturated heterocycles. The highest BCUT2D eigenvalue weighted by Gasteiger charge is 2.19. The number of fused-ring (bicyclic) bond motifs is 1. The maximum atomic E-state index is 11.4. The highest BCUT2D eigenvalue weighted by atomic mass is 16.4. The molecule has 1 N–H and O–H groups in total. The molecule has 96 valence electrons. The van der Waals surface area contributed by atoms with Gasteiger partial charge < -0.3 is 5.11 Å². The summed E-state index contributed by atoms with van der Waals surface area (Å²) in [6.07, 6.45) is 4.16. The van der Waals surface area contributed by atoms with Crippen LogP contribution in [0.1, 0.15) is 34.5 Å². The molecule has 3 nitrogen and oxygen atoms in total. The van der Waals surface area contributed by atoms with Crippen LogP contribution in [0.15, 0.2) is 36.4 Å². The van der Waals surface area contributed by atoms with E-state index in [2.05, 4.69) is 4.98 Å². The van der Waals surface area contributed by atoms with Crippen LogP contribution in [0.3, 0.4) is 0 Å². The van der Waals surface area contributed by atoms with Crippen molar-refractivity contribution in [3.8, 4) is 11.3 Å². The molecular weight excluding hydrogens is 238 g/mol. The summed E-state index contributed by atoms with van der Waals surface area (Å²) in [5.74, 6) is -0.903. The number of aromatic carboxylic acids is 1. The van der Waals surface area contributed by atoms with Crippen molar-refractivity contribution >= 4 is 5.97 Å². The van der Waals surface area contributed by atoms with E-state index >= 15 is 0 Å². The van der Waals surface area contributed by atoms with Gasteiger partial charge in [0.2, 0.25) is 0 Å². The van der Waals surface area contributed by atoms with Gasteiger partial charge in [-0.15, -0.1) is 0 Å². The van der Waals surface area contributed by atoms with Gasteiger partial charge in [0.1, 0.15) is 0 Å². The lowest BCUT2D eigenvalue weighted by atomic mass is 9.93. The minimum atomic E-state index is -0.903. The van der Waals surface area contributed by atoms with E-state index < -0.39 is 5.97 Å². The number of hydrogen-bond donors (Lipinski definition) is 1. The van der Waals surface area contributed by atoms with Gasteiger partial charge in [0.15, 0.2) is 0 Å². The van der Waals surface area contributed by atoms with Crippen molar-refractivity contribution in [1.29, 1.82) is 0 Å². The quantitative estimate of drug-likeness (QED) is 0.893. The Kier molecular flexibility index (Phi) is 3.03. The molecule has 0 atom stereocenters. The molecule has 1 aromatic heterocycles. The predicted octanol–water partition coefficient (Wildman–Crippen LogP) is 3.33. The lowest BCUT2D eigenvalue weighted by Gasteiger charge is -2.17. The number of benzene rings is 1. The normalized spacial score (nSPS) is 13.9. The Balaban J connectivity index is 2.19. The summed E-state index contributed by atoms with van der Waals surface area (Å²) in [5, 5.41) is 9.39. The zero-order valence-corrected chi connectivity index (χ0v) is 10.6. The van der Waals surface area contributed by atoms with E-state index in [1.165, 1.54) is 0 Å². The number of aromatic nitrogens is 1. The van der Waals surface area contributed by atoms with Crippen LogP contribution in [-0.4, -0.2) is 16.1 Å². The Morgan fingerprint density at radius 3 is 2.58 bits per heavy atom. The van der Waals surface area contributed by atoms with E-state index in [1.54, 1.807) is 0 Å². The molecule has 0 amide bonds. The average molecular weight is 253 g/mol. The van der Waals surface area contributed by atoms with Crippen molar-refractivity contribution in [3.63, 3.8) is 0 Å². The largest absolute Gasteiger partial charge is 0.478 e. The average Bonchev–Trinajstić information content (AvgIpc) is 2.46. The fraction of sp³-hybridized carbons (Fsp3) is 0.250. The topological polar surface area (TPSA) is 50.2 Å². The molecular formula is C16H15NO2. The van der Waals surface area contributed by atoms with Crippen LogP contribution in [0.4, 0.5) is 0 Å². The lowest BCUT2D eigenvalue weighted by molar-refractivity contribution is 0.0697. The monoisotopic (exact) mass is 253 g/mol. The number of nitrogens with zero attached hydrogens (tertiary/aromatic N) is 1. The molecule has 3 heteroatoms. The third-order valence-electron chi connectivity index (χ3n) is 3.58. The first-order valence-electron chi connectivity index (χ1n) is 6.57. The fourth-order valence-corrected chi connectivity index (χ4v) is 2.61. The molecule has 0 fully saturated rings. The Bertz CT molecular complexity index is 620. The molecule has 1 aliphatic carbocycles. The van der Waals surface area contributed by atoms with Gasteiger partial charge >= 0.3 is 5.97 Å². The maximum absolute atomic E-state index is 11.4. The predicted molar refractivity (Wildman–Crippen MR) is 73.3 cm³/mol. The molecule has 0 unspecified atom stereocenters. The number of aryl methyl sites for hydroxylation is 2. The molecule has 1 aliphatic rings. The van der Waals surface area contributed by atoms with Gasteiger partial charge in [-0.25, -0.2) is 4.79 Å². The minimum absolute atomic E-state index is 0.312. The van der Waals surface area contributed by atoms with E-state index in [-0.39, 0.29) is 0 Å². The van der Waals surface area contributed by atoms with Crippen molar-refractivity contribution in [2.45, 2.75) is 25.7 Å². The molecule has 0 aliphatic heterocycles. The molecule has 2 aromatic rings. The van der Waals surface area contributed by atoms with Gasteiger partial charge in [-0.3, -0.25) is 4.98 Å². The molecule has 3 rings (SSSR count). The molecule has 0 bridgehead atoms. The van der Waals surface area contributed by atoms with Crippen molar-refractivity contribution in [2.75, 3.05) is 0 Å². The van der Waals surface area contributed by atoms with Crippen LogP contribution in [-0.2, 0) is 12.8 Å². The molecule has 1 heterocycles. The Labute approximate surface area is 111 Å². The zero-order valence-electron chi connectivity index (χ0n) is 10.6. The Morgan fingerprint density at radius 1 is 1.11 bits per heavy atom. The Morgan fingerprint density at radius 2 is 1.84 bits per heavy atom. The number of carboxylic acids is 1. The van der Waals surface area contributed by atoms with Crippen molar-refractivity contribution < 1.29 is 9.90 Å². The van der Waals surface area contributed by atoms with E-state index in [9.17, 15) is 9.90 Å². The highest BCUT2D eigenvalue weighted by Crippen LogP contribution is 2.28. The molecule has 0 saturated carbocycles. The van der Waals surface area contributed by atoms with Crippen LogP contribution in [0.5, 0.6) is 0 Å². The first kappa shape index (κ1) is 11.9. The maximum Gasteiger partial charge on any atom is 0.337 e. The standard InChI is InChI=1S/C16H15NO2/c18-16(19)13-10-12-8-4-5-9-14(12)17-15(13)11-6-2-1-3-7-11/h1-3,6-7,10H,4-5,8-9H2,(H,18,19). The number of hydrogen-bond acceptors (Lipinski definition) is 2. The molecule has 0 radical (unpaired) electrons. The smallest absolute Gasteiger partial charge is 0.337 e. The number of pyridine rings is 1. The van der Waals surface area contributed by atoms with Gasteiger partial charge in [-0.05, 0) is 37.3 Å². The summed E-state index contributed by atoms with van der Waals surface area (Å²) in [5.41, 5.74) is 3.94. The van der Waals surface area contributed by atoms with Crippen molar-refractivity contribution in [3.05, 3.63) is 53.2 Å². The van der Waals surface area contributed by atoms with Crippen LogP contribution in [0.2, 0.25) is 0 Å². The minimum Gasteiger partial charge on any atom is -0.478 e. The van der Waals surface area contributed by atoms with Crippen LogP contribution in [0, 0.1) is 0 Å². The third kappa shape index (κ3) is 2.24. The summed E-state index contributed by atoms with van der Waals surface area (Å²) in [6, 6.07) is 11.4. The SMILES string of the molecule is O=C(O)c1cc2c(nc1-c1ccccc1)CCCC2. The van der Waals surface area contributed by atoms with Gasteiger partial charge in [0, 0.05) is 11.3 Å². The third-order valence-corrected chi connectivity index (χ3v) is 3.58. The second-order valence-electron chi connectivity index (χ2n) is 4.87. The fourth-order valence-electron chi connectivity index (χ4n) is 2.61. The van der Waals surface area contributed by atoms with Gasteiger partial charge in [0.25, 0.3) is 0 Å². The van der Waals surface area contributed by atoms with Crippen LogP contribution in [0.25, 0.3) is 11.3 Å². The lowest BCUT2D eigenvalue weighted by Crippen LogP contribution is -2.11. The van der Waals surface area contributed by atoms with E-state index in [4.69, 9.17) is 0 Å². The Hall–Kier alpha value is -2.16. The second-order valence-corrected chi connectivity index (χ2v) is 4.87. The summed E-state index contributed by atoms with van der Waals surface area (Å²) in [4.78, 5) is 16.1. The van der Waals surface area contributed by atoms with E-state index in [1.807, 2.05) is 36.4 Å². The van der Waals surface area contributed by atoms with Gasteiger partial charge in [-0.2, -0.15) is 0 Å². The van der Waals surface area contributed by atoms with Crippen LogP contribution >= 0.6 is 0 Å². The first-order valence-corrected chi connectivity index (χ1v) is 6.57. The van der Waals surface area contributed by atoms with Crippen molar-refractivity contribution in [1.82, 2.24) is 4.98 Å². The van der Waals surface area contributed by atoms with Crippen LogP contribution < -0.4 is 0 Å². The van der Waals surface area contributed by atoms with Gasteiger partial charge in [0.05, 0.1) is 11.3 Å². The number of carboxylic acid groups (broad SMARTS) is 1. The van der Waals surface area contributed by atoms with Gasteiger partial charge in [-0.1, -0.05) is 30.3 Å².